The number of carbonyl (C=O) groups excluding carboxylic acids is 1. The molecule has 1 aliphatic rings. The predicted molar refractivity (Wildman–Crippen MR) is 66.8 cm³/mol. The Morgan fingerprint density at radius 1 is 1.47 bits per heavy atom. The van der Waals surface area contributed by atoms with E-state index >= 15 is 0 Å². The highest BCUT2D eigenvalue weighted by Gasteiger charge is 2.26. The standard InChI is InChI=1S/C14H19NO2/c1-2-3-9-15-14(16)13-12-7-5-4-6-11(12)8-10-17-13/h4-7,13H,2-3,8-10H2,1H3,(H,15,16)/t13-/m1/s1. The first-order chi connectivity index (χ1) is 8.33. The van der Waals surface area contributed by atoms with Gasteiger partial charge in [0.05, 0.1) is 6.61 Å². The van der Waals surface area contributed by atoms with E-state index in [0.29, 0.717) is 6.61 Å². The summed E-state index contributed by atoms with van der Waals surface area (Å²) in [6.45, 7) is 3.47. The molecule has 1 aromatic rings. The van der Waals surface area contributed by atoms with Crippen molar-refractivity contribution in [2.45, 2.75) is 32.3 Å². The summed E-state index contributed by atoms with van der Waals surface area (Å²) in [4.78, 5) is 12.0. The molecule has 0 aromatic heterocycles. The summed E-state index contributed by atoms with van der Waals surface area (Å²) in [6.07, 6.45) is 2.58. The van der Waals surface area contributed by atoms with E-state index in [2.05, 4.69) is 18.3 Å². The van der Waals surface area contributed by atoms with Crippen LogP contribution in [0.1, 0.15) is 37.0 Å². The predicted octanol–water partition coefficient (Wildman–Crippen LogP) is 2.22. The Hall–Kier alpha value is -1.35. The fourth-order valence-electron chi connectivity index (χ4n) is 2.09. The van der Waals surface area contributed by atoms with Crippen molar-refractivity contribution in [1.29, 1.82) is 0 Å². The van der Waals surface area contributed by atoms with Crippen LogP contribution in [0.2, 0.25) is 0 Å². The van der Waals surface area contributed by atoms with Gasteiger partial charge in [-0.3, -0.25) is 4.79 Å². The first-order valence-corrected chi connectivity index (χ1v) is 6.30. The number of carbonyl (C=O) groups is 1. The lowest BCUT2D eigenvalue weighted by molar-refractivity contribution is -0.134. The zero-order chi connectivity index (χ0) is 12.1. The van der Waals surface area contributed by atoms with Gasteiger partial charge in [0.2, 0.25) is 0 Å². The maximum absolute atomic E-state index is 12.0. The zero-order valence-electron chi connectivity index (χ0n) is 10.2. The van der Waals surface area contributed by atoms with Crippen LogP contribution < -0.4 is 5.32 Å². The number of rotatable bonds is 4. The van der Waals surface area contributed by atoms with E-state index in [-0.39, 0.29) is 5.91 Å². The molecular formula is C14H19NO2. The molecule has 1 atom stereocenters. The van der Waals surface area contributed by atoms with Crippen LogP contribution in [0.25, 0.3) is 0 Å². The molecule has 0 spiro atoms. The summed E-state index contributed by atoms with van der Waals surface area (Å²) in [5.41, 5.74) is 2.25. The number of hydrogen-bond donors (Lipinski definition) is 1. The van der Waals surface area contributed by atoms with E-state index < -0.39 is 6.10 Å². The van der Waals surface area contributed by atoms with Gasteiger partial charge in [-0.1, -0.05) is 37.6 Å². The number of hydrogen-bond acceptors (Lipinski definition) is 2. The van der Waals surface area contributed by atoms with Gasteiger partial charge in [-0.25, -0.2) is 0 Å². The Balaban J connectivity index is 2.05. The Morgan fingerprint density at radius 2 is 2.29 bits per heavy atom. The molecule has 1 aromatic carbocycles. The molecule has 3 heteroatoms. The Bertz CT molecular complexity index is 390. The summed E-state index contributed by atoms with van der Waals surface area (Å²) in [5, 5.41) is 2.93. The van der Waals surface area contributed by atoms with Crippen molar-refractivity contribution in [1.82, 2.24) is 5.32 Å². The summed E-state index contributed by atoms with van der Waals surface area (Å²) in [6, 6.07) is 8.03. The van der Waals surface area contributed by atoms with E-state index in [4.69, 9.17) is 4.74 Å². The quantitative estimate of drug-likeness (QED) is 0.810. The lowest BCUT2D eigenvalue weighted by Crippen LogP contribution is -2.34. The van der Waals surface area contributed by atoms with Crippen molar-refractivity contribution in [3.63, 3.8) is 0 Å². The normalized spacial score (nSPS) is 18.5. The van der Waals surface area contributed by atoms with Crippen LogP contribution in [0.3, 0.4) is 0 Å². The highest BCUT2D eigenvalue weighted by Crippen LogP contribution is 2.26. The van der Waals surface area contributed by atoms with Crippen molar-refractivity contribution < 1.29 is 9.53 Å². The Morgan fingerprint density at radius 3 is 3.12 bits per heavy atom. The number of amides is 1. The fraction of sp³-hybridized carbons (Fsp3) is 0.500. The van der Waals surface area contributed by atoms with Crippen molar-refractivity contribution >= 4 is 5.91 Å². The van der Waals surface area contributed by atoms with Crippen LogP contribution >= 0.6 is 0 Å². The number of unbranched alkanes of at least 4 members (excludes halogenated alkanes) is 1. The maximum atomic E-state index is 12.0. The molecule has 0 unspecified atom stereocenters. The molecule has 0 aliphatic carbocycles. The van der Waals surface area contributed by atoms with Crippen LogP contribution in [0.15, 0.2) is 24.3 Å². The lowest BCUT2D eigenvalue weighted by Gasteiger charge is -2.25. The molecule has 1 amide bonds. The average Bonchev–Trinajstić information content (AvgIpc) is 2.38. The van der Waals surface area contributed by atoms with Crippen LogP contribution in [-0.4, -0.2) is 19.1 Å². The second kappa shape index (κ2) is 5.82. The van der Waals surface area contributed by atoms with Gasteiger partial charge in [0.25, 0.3) is 5.91 Å². The van der Waals surface area contributed by atoms with Gasteiger partial charge in [-0.2, -0.15) is 0 Å². The minimum Gasteiger partial charge on any atom is -0.363 e. The minimum atomic E-state index is -0.420. The van der Waals surface area contributed by atoms with E-state index in [0.717, 1.165) is 31.4 Å². The van der Waals surface area contributed by atoms with E-state index in [1.54, 1.807) is 0 Å². The summed E-state index contributed by atoms with van der Waals surface area (Å²) < 4.78 is 5.58. The average molecular weight is 233 g/mol. The molecule has 1 heterocycles. The third-order valence-corrected chi connectivity index (χ3v) is 3.06. The molecule has 0 saturated carbocycles. The molecule has 1 N–H and O–H groups in total. The summed E-state index contributed by atoms with van der Waals surface area (Å²) >= 11 is 0. The highest BCUT2D eigenvalue weighted by atomic mass is 16.5. The lowest BCUT2D eigenvalue weighted by atomic mass is 9.97. The van der Waals surface area contributed by atoms with Gasteiger partial charge in [0.1, 0.15) is 0 Å². The van der Waals surface area contributed by atoms with Crippen molar-refractivity contribution in [2.75, 3.05) is 13.2 Å². The first-order valence-electron chi connectivity index (χ1n) is 6.30. The Kier molecular flexibility index (Phi) is 4.15. The first kappa shape index (κ1) is 12.1. The van der Waals surface area contributed by atoms with Crippen LogP contribution in [0.4, 0.5) is 0 Å². The molecule has 0 saturated heterocycles. The molecule has 2 rings (SSSR count). The van der Waals surface area contributed by atoms with E-state index in [9.17, 15) is 4.79 Å². The number of fused-ring (bicyclic) bond motifs is 1. The monoisotopic (exact) mass is 233 g/mol. The number of nitrogens with one attached hydrogen (secondary N) is 1. The maximum Gasteiger partial charge on any atom is 0.253 e. The second-order valence-corrected chi connectivity index (χ2v) is 4.34. The molecule has 1 aliphatic heterocycles. The Labute approximate surface area is 102 Å². The van der Waals surface area contributed by atoms with Crippen molar-refractivity contribution in [3.05, 3.63) is 35.4 Å². The van der Waals surface area contributed by atoms with Gasteiger partial charge >= 0.3 is 0 Å². The number of ether oxygens (including phenoxy) is 1. The molecular weight excluding hydrogens is 214 g/mol. The van der Waals surface area contributed by atoms with Gasteiger partial charge in [-0.15, -0.1) is 0 Å². The molecule has 92 valence electrons. The van der Waals surface area contributed by atoms with Gasteiger partial charge in [-0.05, 0) is 24.0 Å². The molecule has 17 heavy (non-hydrogen) atoms. The van der Waals surface area contributed by atoms with Crippen molar-refractivity contribution in [2.24, 2.45) is 0 Å². The van der Waals surface area contributed by atoms with Crippen LogP contribution in [0, 0.1) is 0 Å². The van der Waals surface area contributed by atoms with Crippen LogP contribution in [-0.2, 0) is 16.0 Å². The largest absolute Gasteiger partial charge is 0.363 e. The third kappa shape index (κ3) is 2.86. The molecule has 3 nitrogen and oxygen atoms in total. The summed E-state index contributed by atoms with van der Waals surface area (Å²) in [5.74, 6) is -0.00870. The van der Waals surface area contributed by atoms with E-state index in [1.807, 2.05) is 18.2 Å². The minimum absolute atomic E-state index is 0.00870. The second-order valence-electron chi connectivity index (χ2n) is 4.34. The summed E-state index contributed by atoms with van der Waals surface area (Å²) in [7, 11) is 0. The van der Waals surface area contributed by atoms with Gasteiger partial charge < -0.3 is 10.1 Å². The molecule has 0 radical (unpaired) electrons. The molecule has 0 bridgehead atoms. The molecule has 0 fully saturated rings. The van der Waals surface area contributed by atoms with Gasteiger partial charge in [0, 0.05) is 6.54 Å². The fourth-order valence-corrected chi connectivity index (χ4v) is 2.09. The smallest absolute Gasteiger partial charge is 0.253 e. The van der Waals surface area contributed by atoms with Gasteiger partial charge in [0.15, 0.2) is 6.10 Å². The van der Waals surface area contributed by atoms with Crippen LogP contribution in [0.5, 0.6) is 0 Å². The number of benzene rings is 1. The topological polar surface area (TPSA) is 38.3 Å². The van der Waals surface area contributed by atoms with Crippen molar-refractivity contribution in [3.8, 4) is 0 Å². The zero-order valence-corrected chi connectivity index (χ0v) is 10.2. The highest BCUT2D eigenvalue weighted by molar-refractivity contribution is 5.82. The SMILES string of the molecule is CCCCNC(=O)[C@@H]1OCCc2ccccc21. The third-order valence-electron chi connectivity index (χ3n) is 3.06. The van der Waals surface area contributed by atoms with E-state index in [1.165, 1.54) is 5.56 Å².